The monoisotopic (exact) mass is 353 g/mol. The molecular formula is C15H13Cl2Zr. The summed E-state index contributed by atoms with van der Waals surface area (Å²) < 4.78 is 0.648. The van der Waals surface area contributed by atoms with Crippen LogP contribution in [-0.2, 0) is 24.7 Å². The second-order valence-electron chi connectivity index (χ2n) is 4.38. The average Bonchev–Trinajstić information content (AvgIpc) is 2.89. The summed E-state index contributed by atoms with van der Waals surface area (Å²) in [5.74, 6) is 0. The summed E-state index contributed by atoms with van der Waals surface area (Å²) in [5.41, 5.74) is 7.60. The Bertz CT molecular complexity index is 541. The van der Waals surface area contributed by atoms with Crippen molar-refractivity contribution in [2.75, 3.05) is 0 Å². The second-order valence-corrected chi connectivity index (χ2v) is 5.80. The molecule has 2 aliphatic rings. The van der Waals surface area contributed by atoms with Crippen molar-refractivity contribution in [1.29, 1.82) is 0 Å². The fraction of sp³-hybridized carbons (Fsp3) is 0.200. The van der Waals surface area contributed by atoms with Crippen LogP contribution in [0.15, 0.2) is 53.6 Å². The second kappa shape index (κ2) is 6.37. The molecule has 1 atom stereocenters. The molecule has 1 unspecified atom stereocenters. The van der Waals surface area contributed by atoms with E-state index in [9.17, 15) is 0 Å². The molecule has 0 bridgehead atoms. The fourth-order valence-corrected chi connectivity index (χ4v) is 4.29. The first kappa shape index (κ1) is 16.0. The minimum absolute atomic E-state index is 0. The maximum Gasteiger partial charge on any atom is -1.00 e. The molecule has 2 aliphatic carbocycles. The number of fused-ring (bicyclic) bond motifs is 1. The zero-order valence-corrected chi connectivity index (χ0v) is 14.1. The number of hydrogen-bond donors (Lipinski definition) is 0. The van der Waals surface area contributed by atoms with Crippen LogP contribution in [0.1, 0.15) is 28.1 Å². The van der Waals surface area contributed by atoms with E-state index in [0.29, 0.717) is 3.63 Å². The summed E-state index contributed by atoms with van der Waals surface area (Å²) in [6.45, 7) is 2.28. The Hall–Kier alpha value is -0.0969. The molecule has 0 saturated carbocycles. The van der Waals surface area contributed by atoms with Crippen LogP contribution in [0.2, 0.25) is 0 Å². The van der Waals surface area contributed by atoms with Gasteiger partial charge in [0.15, 0.2) is 0 Å². The van der Waals surface area contributed by atoms with Gasteiger partial charge in [-0.3, -0.25) is 0 Å². The molecule has 0 N–H and O–H groups in total. The van der Waals surface area contributed by atoms with E-state index < -0.39 is 0 Å². The van der Waals surface area contributed by atoms with Crippen LogP contribution in [0, 0.1) is 0 Å². The summed E-state index contributed by atoms with van der Waals surface area (Å²) in [7, 11) is 0. The number of benzene rings is 1. The molecule has 1 aromatic carbocycles. The van der Waals surface area contributed by atoms with Crippen molar-refractivity contribution >= 4 is 5.57 Å². The molecule has 3 heteroatoms. The molecule has 0 radical (unpaired) electrons. The molecule has 0 amide bonds. The van der Waals surface area contributed by atoms with Gasteiger partial charge in [0.25, 0.3) is 0 Å². The SMILES string of the molecule is CC1=C(C2=CC=CC2)[CH]([Zr+2])c2ccccc21.[Cl-].[Cl-]. The van der Waals surface area contributed by atoms with Crippen LogP contribution in [0.4, 0.5) is 0 Å². The predicted molar refractivity (Wildman–Crippen MR) is 63.6 cm³/mol. The van der Waals surface area contributed by atoms with E-state index in [1.807, 2.05) is 0 Å². The summed E-state index contributed by atoms with van der Waals surface area (Å²) in [5, 5.41) is 0. The molecule has 0 aliphatic heterocycles. The van der Waals surface area contributed by atoms with Gasteiger partial charge in [0, 0.05) is 0 Å². The van der Waals surface area contributed by atoms with Gasteiger partial charge in [0.05, 0.1) is 0 Å². The molecule has 1 aromatic rings. The van der Waals surface area contributed by atoms with Gasteiger partial charge in [-0.25, -0.2) is 0 Å². The van der Waals surface area contributed by atoms with Crippen molar-refractivity contribution in [3.8, 4) is 0 Å². The number of hydrogen-bond acceptors (Lipinski definition) is 0. The molecule has 0 saturated heterocycles. The van der Waals surface area contributed by atoms with Crippen molar-refractivity contribution in [3.63, 3.8) is 0 Å². The van der Waals surface area contributed by atoms with E-state index in [1.165, 1.54) is 22.3 Å². The van der Waals surface area contributed by atoms with Gasteiger partial charge in [-0.05, 0) is 0 Å². The maximum absolute atomic E-state index is 2.29. The zero-order chi connectivity index (χ0) is 11.1. The maximum atomic E-state index is 2.29. The first-order chi connectivity index (χ1) is 7.79. The van der Waals surface area contributed by atoms with Gasteiger partial charge in [-0.15, -0.1) is 0 Å². The first-order valence-corrected chi connectivity index (χ1v) is 7.08. The van der Waals surface area contributed by atoms with Crippen LogP contribution in [0.25, 0.3) is 5.57 Å². The molecule has 18 heavy (non-hydrogen) atoms. The van der Waals surface area contributed by atoms with E-state index in [-0.39, 0.29) is 24.8 Å². The summed E-state index contributed by atoms with van der Waals surface area (Å²) >= 11 is 1.60. The Morgan fingerprint density at radius 3 is 2.50 bits per heavy atom. The van der Waals surface area contributed by atoms with Gasteiger partial charge in [-0.1, -0.05) is 0 Å². The van der Waals surface area contributed by atoms with E-state index in [2.05, 4.69) is 49.4 Å². The Kier molecular flexibility index (Phi) is 5.65. The predicted octanol–water partition coefficient (Wildman–Crippen LogP) is -2.04. The summed E-state index contributed by atoms with van der Waals surface area (Å²) in [4.78, 5) is 0. The van der Waals surface area contributed by atoms with E-state index in [0.717, 1.165) is 6.42 Å². The standard InChI is InChI=1S/C15H13.2ClH.Zr/c1-11-14-9-5-4-8-13(14)10-15(11)12-6-2-3-7-12;;;/h2-6,8-10H,7H2,1H3;2*1H;/q;;;+2/p-2. The van der Waals surface area contributed by atoms with Gasteiger partial charge >= 0.3 is 112 Å². The van der Waals surface area contributed by atoms with Crippen molar-refractivity contribution in [2.24, 2.45) is 0 Å². The third-order valence-corrected chi connectivity index (χ3v) is 4.96. The Labute approximate surface area is 136 Å². The molecule has 0 fully saturated rings. The number of halogens is 2. The van der Waals surface area contributed by atoms with E-state index in [4.69, 9.17) is 0 Å². The molecular weight excluding hydrogens is 342 g/mol. The van der Waals surface area contributed by atoms with Gasteiger partial charge < -0.3 is 24.8 Å². The topological polar surface area (TPSA) is 0 Å². The Balaban J connectivity index is 0.000000810. The average molecular weight is 355 g/mol. The zero-order valence-electron chi connectivity index (χ0n) is 10.1. The first-order valence-electron chi connectivity index (χ1n) is 5.66. The fourth-order valence-electron chi connectivity index (χ4n) is 2.68. The van der Waals surface area contributed by atoms with Crippen molar-refractivity contribution in [3.05, 3.63) is 64.8 Å². The van der Waals surface area contributed by atoms with Gasteiger partial charge in [-0.2, -0.15) is 0 Å². The van der Waals surface area contributed by atoms with Gasteiger partial charge in [0.2, 0.25) is 0 Å². The summed E-state index contributed by atoms with van der Waals surface area (Å²) in [6.07, 6.45) is 7.83. The number of allylic oxidation sites excluding steroid dienone is 6. The third kappa shape index (κ3) is 2.46. The molecule has 0 heterocycles. The third-order valence-electron chi connectivity index (χ3n) is 3.49. The van der Waals surface area contributed by atoms with Crippen LogP contribution in [0.3, 0.4) is 0 Å². The molecule has 0 spiro atoms. The minimum atomic E-state index is 0. The minimum Gasteiger partial charge on any atom is -1.00 e. The van der Waals surface area contributed by atoms with Crippen LogP contribution >= 0.6 is 0 Å². The van der Waals surface area contributed by atoms with Gasteiger partial charge in [0.1, 0.15) is 0 Å². The summed E-state index contributed by atoms with van der Waals surface area (Å²) in [6, 6.07) is 8.86. The van der Waals surface area contributed by atoms with Crippen LogP contribution < -0.4 is 24.8 Å². The Morgan fingerprint density at radius 2 is 1.89 bits per heavy atom. The largest absolute Gasteiger partial charge is 1.00 e. The number of rotatable bonds is 1. The smallest absolute Gasteiger partial charge is 1.00 e. The molecule has 3 rings (SSSR count). The van der Waals surface area contributed by atoms with Crippen molar-refractivity contribution < 1.29 is 49.5 Å². The van der Waals surface area contributed by atoms with Crippen LogP contribution in [-0.4, -0.2) is 0 Å². The van der Waals surface area contributed by atoms with E-state index >= 15 is 0 Å². The van der Waals surface area contributed by atoms with Crippen molar-refractivity contribution in [1.82, 2.24) is 0 Å². The molecule has 0 aromatic heterocycles. The molecule has 0 nitrogen and oxygen atoms in total. The molecule has 91 valence electrons. The van der Waals surface area contributed by atoms with Crippen LogP contribution in [0.5, 0.6) is 0 Å². The quantitative estimate of drug-likeness (QED) is 0.545. The Morgan fingerprint density at radius 1 is 1.17 bits per heavy atom. The van der Waals surface area contributed by atoms with E-state index in [1.54, 1.807) is 30.3 Å². The normalized spacial score (nSPS) is 20.2. The van der Waals surface area contributed by atoms with Crippen molar-refractivity contribution in [2.45, 2.75) is 17.0 Å².